The molecule has 2 aliphatic rings. The minimum atomic E-state index is -4.27. The van der Waals surface area contributed by atoms with Gasteiger partial charge in [0.1, 0.15) is 0 Å². The van der Waals surface area contributed by atoms with Crippen LogP contribution in [0, 0.1) is 5.92 Å². The highest BCUT2D eigenvalue weighted by molar-refractivity contribution is 5.31. The lowest BCUT2D eigenvalue weighted by molar-refractivity contribution is -0.137. The molecule has 2 nitrogen and oxygen atoms in total. The lowest BCUT2D eigenvalue weighted by Gasteiger charge is -2.29. The molecular weight excluding hydrogens is 253 g/mol. The number of benzene rings is 1. The summed E-state index contributed by atoms with van der Waals surface area (Å²) in [7, 11) is 0. The van der Waals surface area contributed by atoms with Gasteiger partial charge >= 0.3 is 6.18 Å². The Morgan fingerprint density at radius 2 is 1.74 bits per heavy atom. The lowest BCUT2D eigenvalue weighted by atomic mass is 9.75. The largest absolute Gasteiger partial charge is 0.416 e. The van der Waals surface area contributed by atoms with Gasteiger partial charge in [-0.2, -0.15) is 13.2 Å². The monoisotopic (exact) mass is 270 g/mol. The maximum Gasteiger partial charge on any atom is 0.416 e. The number of halogens is 3. The topological polar surface area (TPSA) is 38.0 Å². The Hall–Kier alpha value is -1.07. The lowest BCUT2D eigenvalue weighted by Crippen LogP contribution is -2.31. The van der Waals surface area contributed by atoms with Crippen molar-refractivity contribution in [2.45, 2.75) is 37.0 Å². The van der Waals surface area contributed by atoms with Crippen molar-refractivity contribution in [3.05, 3.63) is 35.4 Å². The molecule has 5 heteroatoms. The highest BCUT2D eigenvalue weighted by atomic mass is 19.4. The molecule has 2 aliphatic heterocycles. The van der Waals surface area contributed by atoms with Gasteiger partial charge in [-0.15, -0.1) is 0 Å². The van der Waals surface area contributed by atoms with Gasteiger partial charge < -0.3 is 11.1 Å². The summed E-state index contributed by atoms with van der Waals surface area (Å²) in [6.45, 7) is 0.583. The standard InChI is InChI=1S/C14H17F3N2/c15-14(16,17)9-3-1-8(2-4-9)13-10(7-18)11-5-6-12(13)19-11/h1-4,10-13,19H,5-7,18H2. The molecule has 4 atom stereocenters. The second kappa shape index (κ2) is 4.49. The minimum absolute atomic E-state index is 0.256. The summed E-state index contributed by atoms with van der Waals surface area (Å²) < 4.78 is 37.7. The third-order valence-electron chi connectivity index (χ3n) is 4.52. The summed E-state index contributed by atoms with van der Waals surface area (Å²) in [5.74, 6) is 0.599. The van der Waals surface area contributed by atoms with E-state index in [0.29, 0.717) is 24.5 Å². The molecule has 3 N–H and O–H groups in total. The van der Waals surface area contributed by atoms with Crippen LogP contribution < -0.4 is 11.1 Å². The predicted molar refractivity (Wildman–Crippen MR) is 66.7 cm³/mol. The van der Waals surface area contributed by atoms with Crippen LogP contribution in [0.1, 0.15) is 29.9 Å². The van der Waals surface area contributed by atoms with Crippen molar-refractivity contribution in [3.8, 4) is 0 Å². The fourth-order valence-electron chi connectivity index (χ4n) is 3.66. The Morgan fingerprint density at radius 3 is 2.32 bits per heavy atom. The fraction of sp³-hybridized carbons (Fsp3) is 0.571. The van der Waals surface area contributed by atoms with Gasteiger partial charge in [0.05, 0.1) is 5.56 Å². The summed E-state index contributed by atoms with van der Waals surface area (Å²) in [6, 6.07) is 6.37. The summed E-state index contributed by atoms with van der Waals surface area (Å²) in [4.78, 5) is 0. The zero-order chi connectivity index (χ0) is 13.6. The van der Waals surface area contributed by atoms with Gasteiger partial charge in [-0.25, -0.2) is 0 Å². The molecule has 2 heterocycles. The fourth-order valence-corrected chi connectivity index (χ4v) is 3.66. The summed E-state index contributed by atoms with van der Waals surface area (Å²) in [5, 5.41) is 3.52. The Labute approximate surface area is 110 Å². The zero-order valence-corrected chi connectivity index (χ0v) is 10.5. The van der Waals surface area contributed by atoms with E-state index in [1.807, 2.05) is 0 Å². The van der Waals surface area contributed by atoms with Crippen LogP contribution in [0.3, 0.4) is 0 Å². The maximum absolute atomic E-state index is 12.6. The van der Waals surface area contributed by atoms with E-state index in [0.717, 1.165) is 18.4 Å². The molecule has 0 amide bonds. The van der Waals surface area contributed by atoms with E-state index in [1.165, 1.54) is 12.1 Å². The summed E-state index contributed by atoms with van der Waals surface area (Å²) in [6.07, 6.45) is -2.05. The molecule has 104 valence electrons. The average Bonchev–Trinajstić information content (AvgIpc) is 2.97. The Kier molecular flexibility index (Phi) is 3.06. The number of rotatable bonds is 2. The van der Waals surface area contributed by atoms with Crippen molar-refractivity contribution in [1.29, 1.82) is 0 Å². The predicted octanol–water partition coefficient (Wildman–Crippen LogP) is 2.50. The Bertz CT molecular complexity index is 455. The molecule has 4 unspecified atom stereocenters. The number of hydrogen-bond acceptors (Lipinski definition) is 2. The number of nitrogens with one attached hydrogen (secondary N) is 1. The van der Waals surface area contributed by atoms with Gasteiger partial charge in [0, 0.05) is 18.0 Å². The highest BCUT2D eigenvalue weighted by Gasteiger charge is 2.47. The van der Waals surface area contributed by atoms with E-state index < -0.39 is 11.7 Å². The van der Waals surface area contributed by atoms with Crippen molar-refractivity contribution in [2.24, 2.45) is 11.7 Å². The minimum Gasteiger partial charge on any atom is -0.330 e. The van der Waals surface area contributed by atoms with Gasteiger partial charge in [0.15, 0.2) is 0 Å². The average molecular weight is 270 g/mol. The van der Waals surface area contributed by atoms with Crippen molar-refractivity contribution in [1.82, 2.24) is 5.32 Å². The van der Waals surface area contributed by atoms with E-state index in [4.69, 9.17) is 5.73 Å². The molecule has 2 saturated heterocycles. The van der Waals surface area contributed by atoms with Gasteiger partial charge in [-0.05, 0) is 43.0 Å². The molecule has 3 rings (SSSR count). The molecule has 1 aromatic rings. The second-order valence-corrected chi connectivity index (χ2v) is 5.50. The first-order valence-electron chi connectivity index (χ1n) is 6.64. The SMILES string of the molecule is NCC1C2CCC(N2)C1c1ccc(C(F)(F)F)cc1. The van der Waals surface area contributed by atoms with Crippen LogP contribution >= 0.6 is 0 Å². The van der Waals surface area contributed by atoms with Crippen molar-refractivity contribution in [3.63, 3.8) is 0 Å². The molecule has 0 saturated carbocycles. The smallest absolute Gasteiger partial charge is 0.330 e. The molecule has 19 heavy (non-hydrogen) atoms. The normalized spacial score (nSPS) is 33.9. The van der Waals surface area contributed by atoms with Gasteiger partial charge in [-0.1, -0.05) is 12.1 Å². The molecule has 2 fully saturated rings. The Morgan fingerprint density at radius 1 is 1.11 bits per heavy atom. The van der Waals surface area contributed by atoms with Gasteiger partial charge in [0.2, 0.25) is 0 Å². The van der Waals surface area contributed by atoms with Crippen molar-refractivity contribution >= 4 is 0 Å². The first kappa shape index (κ1) is 12.9. The van der Waals surface area contributed by atoms with Crippen molar-refractivity contribution in [2.75, 3.05) is 6.54 Å². The van der Waals surface area contributed by atoms with Crippen LogP contribution in [0.2, 0.25) is 0 Å². The van der Waals surface area contributed by atoms with Crippen LogP contribution in [0.15, 0.2) is 24.3 Å². The van der Waals surface area contributed by atoms with Crippen LogP contribution in [0.4, 0.5) is 13.2 Å². The van der Waals surface area contributed by atoms with Crippen LogP contribution in [-0.2, 0) is 6.18 Å². The van der Waals surface area contributed by atoms with Crippen LogP contribution in [0.25, 0.3) is 0 Å². The quantitative estimate of drug-likeness (QED) is 0.866. The van der Waals surface area contributed by atoms with E-state index in [9.17, 15) is 13.2 Å². The highest BCUT2D eigenvalue weighted by Crippen LogP contribution is 2.44. The first-order chi connectivity index (χ1) is 9.00. The van der Waals surface area contributed by atoms with Crippen LogP contribution in [-0.4, -0.2) is 18.6 Å². The third-order valence-corrected chi connectivity index (χ3v) is 4.52. The van der Waals surface area contributed by atoms with E-state index in [2.05, 4.69) is 5.32 Å². The van der Waals surface area contributed by atoms with E-state index in [1.54, 1.807) is 12.1 Å². The molecule has 0 aromatic heterocycles. The van der Waals surface area contributed by atoms with E-state index in [-0.39, 0.29) is 5.92 Å². The molecule has 1 aromatic carbocycles. The number of fused-ring (bicyclic) bond motifs is 2. The van der Waals surface area contributed by atoms with Crippen LogP contribution in [0.5, 0.6) is 0 Å². The summed E-state index contributed by atoms with van der Waals surface area (Å²) >= 11 is 0. The maximum atomic E-state index is 12.6. The molecule has 2 bridgehead atoms. The molecule has 0 aliphatic carbocycles. The Balaban J connectivity index is 1.86. The van der Waals surface area contributed by atoms with Crippen molar-refractivity contribution < 1.29 is 13.2 Å². The summed E-state index contributed by atoms with van der Waals surface area (Å²) in [5.41, 5.74) is 6.22. The number of nitrogens with two attached hydrogens (primary N) is 1. The molecule has 0 radical (unpaired) electrons. The number of alkyl halides is 3. The zero-order valence-electron chi connectivity index (χ0n) is 10.5. The number of hydrogen-bond donors (Lipinski definition) is 2. The first-order valence-corrected chi connectivity index (χ1v) is 6.64. The molecule has 0 spiro atoms. The third kappa shape index (κ3) is 2.15. The second-order valence-electron chi connectivity index (χ2n) is 5.50. The van der Waals surface area contributed by atoms with E-state index >= 15 is 0 Å². The van der Waals surface area contributed by atoms with Gasteiger partial charge in [-0.3, -0.25) is 0 Å². The van der Waals surface area contributed by atoms with Gasteiger partial charge in [0.25, 0.3) is 0 Å². The molecular formula is C14H17F3N2.